The third-order valence-electron chi connectivity index (χ3n) is 7.36. The second kappa shape index (κ2) is 7.64. The van der Waals surface area contributed by atoms with Gasteiger partial charge in [0.2, 0.25) is 11.8 Å². The second-order valence-electron chi connectivity index (χ2n) is 8.80. The molecule has 2 aliphatic heterocycles. The smallest absolute Gasteiger partial charge is 0.328 e. The summed E-state index contributed by atoms with van der Waals surface area (Å²) in [4.78, 5) is 62.0. The van der Waals surface area contributed by atoms with Crippen LogP contribution in [0.1, 0.15) is 30.3 Å². The van der Waals surface area contributed by atoms with E-state index < -0.39 is 69.7 Å². The molecule has 3 heterocycles. The number of nitrogens with zero attached hydrogens (tertiary/aromatic N) is 2. The first-order chi connectivity index (χ1) is 16.0. The summed E-state index contributed by atoms with van der Waals surface area (Å²) in [5, 5.41) is 9.49. The number of halogens is 3. The Hall–Kier alpha value is -2.21. The predicted octanol–water partition coefficient (Wildman–Crippen LogP) is 1.56. The lowest BCUT2D eigenvalue weighted by atomic mass is 9.57. The Balaban J connectivity index is 1.72. The van der Waals surface area contributed by atoms with E-state index >= 15 is 0 Å². The highest BCUT2D eigenvalue weighted by molar-refractivity contribution is 9.09. The van der Waals surface area contributed by atoms with Gasteiger partial charge in [-0.1, -0.05) is 27.6 Å². The number of fused-ring (bicyclic) bond motifs is 4. The van der Waals surface area contributed by atoms with Crippen LogP contribution in [0.25, 0.3) is 0 Å². The highest BCUT2D eigenvalue weighted by Crippen LogP contribution is 2.65. The van der Waals surface area contributed by atoms with Gasteiger partial charge in [-0.3, -0.25) is 24.1 Å². The summed E-state index contributed by atoms with van der Waals surface area (Å²) >= 11 is 17.1. The number of aliphatic hydroxyl groups excluding tert-OH is 1. The second-order valence-corrected chi connectivity index (χ2v) is 10.5. The van der Waals surface area contributed by atoms with Crippen LogP contribution in [0.2, 0.25) is 0 Å². The first-order valence-corrected chi connectivity index (χ1v) is 12.3. The number of furan rings is 1. The number of aliphatic hydroxyl groups is 1. The lowest BCUT2D eigenvalue weighted by molar-refractivity contribution is -0.139. The summed E-state index contributed by atoms with van der Waals surface area (Å²) in [6.07, 6.45) is 1.58. The van der Waals surface area contributed by atoms with Crippen LogP contribution < -0.4 is 5.73 Å². The van der Waals surface area contributed by atoms with Gasteiger partial charge < -0.3 is 15.3 Å². The molecule has 0 bridgehead atoms. The minimum absolute atomic E-state index is 0.0987. The zero-order valence-corrected chi connectivity index (χ0v) is 20.5. The van der Waals surface area contributed by atoms with Crippen LogP contribution >= 0.6 is 39.1 Å². The highest BCUT2D eigenvalue weighted by Gasteiger charge is 2.77. The molecular formula is C21H18BrCl2N3O7. The third kappa shape index (κ3) is 2.69. The van der Waals surface area contributed by atoms with Gasteiger partial charge in [-0.05, 0) is 30.9 Å². The Morgan fingerprint density at radius 3 is 2.47 bits per heavy atom. The number of amides is 6. The van der Waals surface area contributed by atoms with Gasteiger partial charge in [0.15, 0.2) is 9.75 Å². The van der Waals surface area contributed by atoms with Gasteiger partial charge in [-0.2, -0.15) is 4.90 Å². The fourth-order valence-corrected chi connectivity index (χ4v) is 7.32. The Morgan fingerprint density at radius 1 is 1.18 bits per heavy atom. The standard InChI is InChI=1S/C21H18BrCl2N3O7/c22-7-26-17(31)20(23)5-11-9(2-3-10-13(11)16(30)27(15(10)29)19(25)33)14(21(20,24)18(26)32)12-4-1-8(6-28)34-12/h1-2,4,10-11,13-14,28H,3,5-7H2,(H2,25,33)/t10-,11+,13-,14+,20+,21-/m0/s1. The van der Waals surface area contributed by atoms with Gasteiger partial charge in [0.05, 0.1) is 23.2 Å². The maximum atomic E-state index is 13.5. The molecule has 0 aromatic carbocycles. The van der Waals surface area contributed by atoms with Crippen molar-refractivity contribution in [1.82, 2.24) is 9.80 Å². The van der Waals surface area contributed by atoms with E-state index in [0.717, 1.165) is 4.90 Å². The van der Waals surface area contributed by atoms with E-state index in [1.165, 1.54) is 12.1 Å². The number of carbonyl (C=O) groups excluding carboxylic acids is 5. The van der Waals surface area contributed by atoms with E-state index in [1.807, 2.05) is 0 Å². The van der Waals surface area contributed by atoms with Crippen LogP contribution in [0.3, 0.4) is 0 Å². The molecule has 2 saturated heterocycles. The zero-order chi connectivity index (χ0) is 24.7. The van der Waals surface area contributed by atoms with Crippen molar-refractivity contribution in [3.8, 4) is 0 Å². The van der Waals surface area contributed by atoms with Gasteiger partial charge in [0, 0.05) is 0 Å². The maximum Gasteiger partial charge on any atom is 0.328 e. The number of allylic oxidation sites excluding steroid dienone is 2. The number of imide groups is 4. The summed E-state index contributed by atoms with van der Waals surface area (Å²) in [6.45, 7) is -0.415. The van der Waals surface area contributed by atoms with Crippen LogP contribution in [0.4, 0.5) is 4.79 Å². The van der Waals surface area contributed by atoms with Gasteiger partial charge >= 0.3 is 6.03 Å². The number of hydrogen-bond acceptors (Lipinski definition) is 7. The van der Waals surface area contributed by atoms with Crippen molar-refractivity contribution in [2.75, 3.05) is 5.45 Å². The molecule has 0 unspecified atom stereocenters. The summed E-state index contributed by atoms with van der Waals surface area (Å²) in [5.41, 5.74) is 5.64. The minimum atomic E-state index is -1.99. The van der Waals surface area contributed by atoms with Gasteiger partial charge in [-0.15, -0.1) is 23.2 Å². The molecular weight excluding hydrogens is 557 g/mol. The lowest BCUT2D eigenvalue weighted by Crippen LogP contribution is -2.60. The normalized spacial score (nSPS) is 37.0. The van der Waals surface area contributed by atoms with Crippen LogP contribution in [0.15, 0.2) is 28.2 Å². The molecule has 6 amide bonds. The summed E-state index contributed by atoms with van der Waals surface area (Å²) in [5.74, 6) is -6.30. The molecule has 0 spiro atoms. The van der Waals surface area contributed by atoms with Crippen LogP contribution in [-0.2, 0) is 25.8 Å². The van der Waals surface area contributed by atoms with Crippen molar-refractivity contribution in [3.05, 3.63) is 35.3 Å². The largest absolute Gasteiger partial charge is 0.463 e. The fourth-order valence-electron chi connectivity index (χ4n) is 5.92. The maximum absolute atomic E-state index is 13.5. The first kappa shape index (κ1) is 23.5. The number of alkyl halides is 3. The molecule has 1 aromatic heterocycles. The first-order valence-electron chi connectivity index (χ1n) is 10.4. The average molecular weight is 575 g/mol. The molecule has 180 valence electrons. The Bertz CT molecular complexity index is 1200. The zero-order valence-electron chi connectivity index (χ0n) is 17.4. The fraction of sp³-hybridized carbons (Fsp3) is 0.476. The van der Waals surface area contributed by atoms with Crippen molar-refractivity contribution in [3.63, 3.8) is 0 Å². The lowest BCUT2D eigenvalue weighted by Gasteiger charge is -2.49. The minimum Gasteiger partial charge on any atom is -0.463 e. The van der Waals surface area contributed by atoms with Crippen LogP contribution in [0, 0.1) is 17.8 Å². The van der Waals surface area contributed by atoms with E-state index in [9.17, 15) is 29.1 Å². The number of rotatable bonds is 3. The van der Waals surface area contributed by atoms with Crippen molar-refractivity contribution in [2.24, 2.45) is 23.5 Å². The summed E-state index contributed by atoms with van der Waals surface area (Å²) in [6, 6.07) is 1.85. The van der Waals surface area contributed by atoms with Crippen molar-refractivity contribution in [1.29, 1.82) is 0 Å². The third-order valence-corrected chi connectivity index (χ3v) is 9.27. The average Bonchev–Trinajstić information content (AvgIpc) is 3.40. The van der Waals surface area contributed by atoms with Crippen LogP contribution in [-0.4, -0.2) is 59.8 Å². The molecule has 3 fully saturated rings. The molecule has 34 heavy (non-hydrogen) atoms. The molecule has 1 saturated carbocycles. The van der Waals surface area contributed by atoms with E-state index in [1.54, 1.807) is 6.08 Å². The summed E-state index contributed by atoms with van der Waals surface area (Å²) in [7, 11) is 0. The van der Waals surface area contributed by atoms with Gasteiger partial charge in [0.1, 0.15) is 18.1 Å². The molecule has 6 atom stereocenters. The molecule has 2 aliphatic carbocycles. The van der Waals surface area contributed by atoms with E-state index in [4.69, 9.17) is 33.4 Å². The number of carbonyl (C=O) groups is 5. The van der Waals surface area contributed by atoms with Gasteiger partial charge in [0.25, 0.3) is 11.8 Å². The van der Waals surface area contributed by atoms with E-state index in [-0.39, 0.29) is 29.8 Å². The molecule has 5 rings (SSSR count). The predicted molar refractivity (Wildman–Crippen MR) is 119 cm³/mol. The number of urea groups is 1. The molecule has 10 nitrogen and oxygen atoms in total. The topological polar surface area (TPSA) is 151 Å². The van der Waals surface area contributed by atoms with Gasteiger partial charge in [-0.25, -0.2) is 4.79 Å². The monoisotopic (exact) mass is 573 g/mol. The molecule has 1 aromatic rings. The van der Waals surface area contributed by atoms with E-state index in [2.05, 4.69) is 15.9 Å². The SMILES string of the molecule is NC(=O)N1C(=O)[C@H]2[C@H](CC=C3[C@H]2C[C@@]2(Cl)C(=O)N(CBr)C(=O)[C@@]2(Cl)[C@H]3c2ccc(CO)o2)C1=O. The number of nitrogens with two attached hydrogens (primary N) is 1. The highest BCUT2D eigenvalue weighted by atomic mass is 79.9. The number of hydrogen-bond donors (Lipinski definition) is 2. The van der Waals surface area contributed by atoms with E-state index in [0.29, 0.717) is 10.5 Å². The molecule has 13 heteroatoms. The molecule has 0 radical (unpaired) electrons. The Kier molecular flexibility index (Phi) is 5.29. The Labute approximate surface area is 211 Å². The number of likely N-dealkylation sites (tertiary alicyclic amines) is 2. The van der Waals surface area contributed by atoms with Crippen LogP contribution in [0.5, 0.6) is 0 Å². The number of primary amides is 1. The molecule has 3 N–H and O–H groups in total. The molecule has 4 aliphatic rings. The van der Waals surface area contributed by atoms with Crippen molar-refractivity contribution >= 4 is 68.8 Å². The van der Waals surface area contributed by atoms with Crippen molar-refractivity contribution in [2.45, 2.75) is 35.1 Å². The van der Waals surface area contributed by atoms with Crippen molar-refractivity contribution < 1.29 is 33.5 Å². The summed E-state index contributed by atoms with van der Waals surface area (Å²) < 4.78 is 5.75. The quantitative estimate of drug-likeness (QED) is 0.240. The Morgan fingerprint density at radius 2 is 1.88 bits per heavy atom.